The van der Waals surface area contributed by atoms with Crippen LogP contribution in [0.3, 0.4) is 0 Å². The lowest BCUT2D eigenvalue weighted by molar-refractivity contribution is 0.497. The molecule has 0 fully saturated rings. The molecule has 3 nitrogen and oxygen atoms in total. The van der Waals surface area contributed by atoms with E-state index in [1.165, 1.54) is 5.56 Å². The van der Waals surface area contributed by atoms with Crippen LogP contribution in [-0.2, 0) is 0 Å². The van der Waals surface area contributed by atoms with Gasteiger partial charge < -0.3 is 10.3 Å². The van der Waals surface area contributed by atoms with Crippen LogP contribution < -0.4 is 5.73 Å². The minimum absolute atomic E-state index is 0.0120. The van der Waals surface area contributed by atoms with E-state index in [1.807, 2.05) is 12.5 Å². The second-order valence-corrected chi connectivity index (χ2v) is 4.80. The second kappa shape index (κ2) is 4.72. The fraction of sp³-hybridized carbons (Fsp3) is 0.357. The number of aryl methyl sites for hydroxylation is 1. The van der Waals surface area contributed by atoms with E-state index in [9.17, 15) is 0 Å². The van der Waals surface area contributed by atoms with Gasteiger partial charge in [-0.25, -0.2) is 4.98 Å². The highest BCUT2D eigenvalue weighted by Crippen LogP contribution is 2.22. The molecule has 0 saturated carbocycles. The van der Waals surface area contributed by atoms with E-state index >= 15 is 0 Å². The Bertz CT molecular complexity index is 500. The van der Waals surface area contributed by atoms with Crippen LogP contribution in [0.25, 0.3) is 5.69 Å². The fourth-order valence-electron chi connectivity index (χ4n) is 1.89. The summed E-state index contributed by atoms with van der Waals surface area (Å²) in [7, 11) is 0. The summed E-state index contributed by atoms with van der Waals surface area (Å²) < 4.78 is 2.07. The summed E-state index contributed by atoms with van der Waals surface area (Å²) >= 11 is 0. The average molecular weight is 229 g/mol. The van der Waals surface area contributed by atoms with E-state index in [4.69, 9.17) is 5.73 Å². The first-order valence-electron chi connectivity index (χ1n) is 5.94. The molecule has 0 spiro atoms. The van der Waals surface area contributed by atoms with Gasteiger partial charge in [-0.2, -0.15) is 0 Å². The van der Waals surface area contributed by atoms with E-state index in [-0.39, 0.29) is 6.04 Å². The molecule has 1 heterocycles. The summed E-state index contributed by atoms with van der Waals surface area (Å²) in [6.45, 7) is 6.33. The van der Waals surface area contributed by atoms with E-state index in [0.29, 0.717) is 5.92 Å². The maximum Gasteiger partial charge on any atom is 0.0994 e. The van der Waals surface area contributed by atoms with Gasteiger partial charge in [-0.3, -0.25) is 0 Å². The summed E-state index contributed by atoms with van der Waals surface area (Å²) in [5, 5.41) is 0. The molecule has 2 N–H and O–H groups in total. The zero-order valence-corrected chi connectivity index (χ0v) is 10.6. The van der Waals surface area contributed by atoms with Crippen LogP contribution in [0.4, 0.5) is 0 Å². The molecule has 0 saturated heterocycles. The van der Waals surface area contributed by atoms with Gasteiger partial charge in [0.15, 0.2) is 0 Å². The zero-order chi connectivity index (χ0) is 12.4. The Kier molecular flexibility index (Phi) is 3.29. The first-order chi connectivity index (χ1) is 8.09. The fourth-order valence-corrected chi connectivity index (χ4v) is 1.89. The molecule has 2 aromatic rings. The Labute approximate surface area is 102 Å². The maximum absolute atomic E-state index is 6.20. The third-order valence-electron chi connectivity index (χ3n) is 3.01. The highest BCUT2D eigenvalue weighted by Gasteiger charge is 2.15. The van der Waals surface area contributed by atoms with Crippen molar-refractivity contribution in [1.29, 1.82) is 0 Å². The van der Waals surface area contributed by atoms with Gasteiger partial charge in [-0.05, 0) is 30.5 Å². The molecule has 1 atom stereocenters. The molecule has 0 amide bonds. The zero-order valence-electron chi connectivity index (χ0n) is 10.6. The summed E-state index contributed by atoms with van der Waals surface area (Å²) in [6, 6.07) is 8.36. The van der Waals surface area contributed by atoms with Crippen LogP contribution >= 0.6 is 0 Å². The van der Waals surface area contributed by atoms with Crippen LogP contribution in [0.2, 0.25) is 0 Å². The van der Waals surface area contributed by atoms with E-state index in [1.54, 1.807) is 0 Å². The van der Waals surface area contributed by atoms with Gasteiger partial charge in [0, 0.05) is 11.7 Å². The molecule has 1 aromatic carbocycles. The molecule has 0 aliphatic heterocycles. The number of hydrogen-bond acceptors (Lipinski definition) is 2. The van der Waals surface area contributed by atoms with E-state index in [0.717, 1.165) is 11.4 Å². The third-order valence-corrected chi connectivity index (χ3v) is 3.01. The molecular weight excluding hydrogens is 210 g/mol. The van der Waals surface area contributed by atoms with Crippen molar-refractivity contribution in [3.63, 3.8) is 0 Å². The molecule has 1 unspecified atom stereocenters. The predicted molar refractivity (Wildman–Crippen MR) is 70.1 cm³/mol. The van der Waals surface area contributed by atoms with Crippen LogP contribution in [0.15, 0.2) is 36.8 Å². The summed E-state index contributed by atoms with van der Waals surface area (Å²) in [5.74, 6) is 0.398. The van der Waals surface area contributed by atoms with Crippen molar-refractivity contribution in [1.82, 2.24) is 9.55 Å². The number of rotatable bonds is 3. The van der Waals surface area contributed by atoms with Crippen LogP contribution in [0.1, 0.15) is 31.1 Å². The number of nitrogens with two attached hydrogens (primary N) is 1. The number of aromatic nitrogens is 2. The molecule has 0 aliphatic carbocycles. The van der Waals surface area contributed by atoms with Gasteiger partial charge in [-0.1, -0.05) is 26.0 Å². The van der Waals surface area contributed by atoms with Crippen LogP contribution in [0.5, 0.6) is 0 Å². The van der Waals surface area contributed by atoms with Gasteiger partial charge >= 0.3 is 0 Å². The SMILES string of the molecule is Cc1cccc(-n2cncc2C(N)C(C)C)c1. The average Bonchev–Trinajstić information content (AvgIpc) is 2.76. The Morgan fingerprint density at radius 1 is 1.29 bits per heavy atom. The lowest BCUT2D eigenvalue weighted by atomic mass is 10.0. The smallest absolute Gasteiger partial charge is 0.0994 e. The molecule has 3 heteroatoms. The highest BCUT2D eigenvalue weighted by atomic mass is 15.1. The van der Waals surface area contributed by atoms with Gasteiger partial charge in [0.1, 0.15) is 0 Å². The predicted octanol–water partition coefficient (Wildman–Crippen LogP) is 2.84. The van der Waals surface area contributed by atoms with Gasteiger partial charge in [0.25, 0.3) is 0 Å². The topological polar surface area (TPSA) is 43.8 Å². The first-order valence-corrected chi connectivity index (χ1v) is 5.94. The number of nitrogens with zero attached hydrogens (tertiary/aromatic N) is 2. The summed E-state index contributed by atoms with van der Waals surface area (Å²) in [6.07, 6.45) is 3.68. The molecule has 90 valence electrons. The molecule has 0 bridgehead atoms. The minimum Gasteiger partial charge on any atom is -0.322 e. The Morgan fingerprint density at radius 3 is 2.71 bits per heavy atom. The van der Waals surface area contributed by atoms with Gasteiger partial charge in [-0.15, -0.1) is 0 Å². The summed E-state index contributed by atoms with van der Waals surface area (Å²) in [5.41, 5.74) is 9.61. The maximum atomic E-state index is 6.20. The van der Waals surface area contributed by atoms with Crippen molar-refractivity contribution >= 4 is 0 Å². The van der Waals surface area contributed by atoms with Gasteiger partial charge in [0.2, 0.25) is 0 Å². The Morgan fingerprint density at radius 2 is 2.06 bits per heavy atom. The first kappa shape index (κ1) is 11.9. The van der Waals surface area contributed by atoms with Crippen molar-refractivity contribution in [2.75, 3.05) is 0 Å². The van der Waals surface area contributed by atoms with Crippen LogP contribution in [-0.4, -0.2) is 9.55 Å². The number of benzene rings is 1. The van der Waals surface area contributed by atoms with E-state index in [2.05, 4.69) is 54.6 Å². The summed E-state index contributed by atoms with van der Waals surface area (Å²) in [4.78, 5) is 4.21. The van der Waals surface area contributed by atoms with E-state index < -0.39 is 0 Å². The second-order valence-electron chi connectivity index (χ2n) is 4.80. The Hall–Kier alpha value is -1.61. The van der Waals surface area contributed by atoms with Crippen LogP contribution in [0, 0.1) is 12.8 Å². The third kappa shape index (κ3) is 2.39. The molecule has 2 rings (SSSR count). The van der Waals surface area contributed by atoms with Gasteiger partial charge in [0.05, 0.1) is 18.2 Å². The lowest BCUT2D eigenvalue weighted by Crippen LogP contribution is -2.19. The molecule has 0 aliphatic rings. The quantitative estimate of drug-likeness (QED) is 0.879. The van der Waals surface area contributed by atoms with Crippen molar-refractivity contribution in [3.05, 3.63) is 48.0 Å². The van der Waals surface area contributed by atoms with Crippen molar-refractivity contribution < 1.29 is 0 Å². The minimum atomic E-state index is 0.0120. The van der Waals surface area contributed by atoms with Crippen molar-refractivity contribution in [2.24, 2.45) is 11.7 Å². The highest BCUT2D eigenvalue weighted by molar-refractivity contribution is 5.37. The molecule has 0 radical (unpaired) electrons. The normalized spacial score (nSPS) is 13.0. The largest absolute Gasteiger partial charge is 0.322 e. The number of hydrogen-bond donors (Lipinski definition) is 1. The molecular formula is C14H19N3. The molecule has 17 heavy (non-hydrogen) atoms. The standard InChI is InChI=1S/C14H19N3/c1-10(2)14(15)13-8-16-9-17(13)12-6-4-5-11(3)7-12/h4-10,14H,15H2,1-3H3. The lowest BCUT2D eigenvalue weighted by Gasteiger charge is -2.18. The monoisotopic (exact) mass is 229 g/mol. The van der Waals surface area contributed by atoms with Crippen molar-refractivity contribution in [3.8, 4) is 5.69 Å². The molecule has 1 aromatic heterocycles. The number of imidazole rings is 1. The Balaban J connectivity index is 2.43. The van der Waals surface area contributed by atoms with Crippen molar-refractivity contribution in [2.45, 2.75) is 26.8 Å².